The monoisotopic (exact) mass is 280 g/mol. The van der Waals surface area contributed by atoms with E-state index in [0.29, 0.717) is 18.0 Å². The second-order valence-corrected chi connectivity index (χ2v) is 4.81. The van der Waals surface area contributed by atoms with Crippen LogP contribution in [0.5, 0.6) is 0 Å². The lowest BCUT2D eigenvalue weighted by Crippen LogP contribution is -2.28. The lowest BCUT2D eigenvalue weighted by molar-refractivity contribution is -0.140. The van der Waals surface area contributed by atoms with Crippen LogP contribution in [0.3, 0.4) is 0 Å². The average Bonchev–Trinajstić information content (AvgIpc) is 2.89. The van der Waals surface area contributed by atoms with Gasteiger partial charge < -0.3 is 15.4 Å². The first kappa shape index (κ1) is 15.2. The highest BCUT2D eigenvalue weighted by Gasteiger charge is 2.15. The standard InChI is InChI=1S/C13H16N2O3S/c1-15(9-7-12(16)18-2)13(17)11-6-5-10(19-11)4-3-8-14/h5-6H,7-9,14H2,1-2H3. The van der Waals surface area contributed by atoms with Crippen molar-refractivity contribution in [3.63, 3.8) is 0 Å². The summed E-state index contributed by atoms with van der Waals surface area (Å²) in [6.07, 6.45) is 0.184. The zero-order valence-corrected chi connectivity index (χ0v) is 11.8. The summed E-state index contributed by atoms with van der Waals surface area (Å²) in [4.78, 5) is 25.9. The van der Waals surface area contributed by atoms with Crippen LogP contribution in [0.4, 0.5) is 0 Å². The number of methoxy groups -OCH3 is 1. The number of carbonyl (C=O) groups is 2. The van der Waals surface area contributed by atoms with Gasteiger partial charge in [0.1, 0.15) is 0 Å². The van der Waals surface area contributed by atoms with Crippen LogP contribution in [0, 0.1) is 11.8 Å². The molecule has 1 aromatic heterocycles. The van der Waals surface area contributed by atoms with Crippen LogP contribution in [0.1, 0.15) is 21.0 Å². The van der Waals surface area contributed by atoms with E-state index < -0.39 is 0 Å². The van der Waals surface area contributed by atoms with Crippen molar-refractivity contribution in [1.29, 1.82) is 0 Å². The highest BCUT2D eigenvalue weighted by atomic mass is 32.1. The largest absolute Gasteiger partial charge is 0.469 e. The van der Waals surface area contributed by atoms with E-state index >= 15 is 0 Å². The zero-order valence-electron chi connectivity index (χ0n) is 10.9. The van der Waals surface area contributed by atoms with Crippen molar-refractivity contribution in [2.45, 2.75) is 6.42 Å². The second-order valence-electron chi connectivity index (χ2n) is 3.72. The Bertz CT molecular complexity index is 513. The van der Waals surface area contributed by atoms with Gasteiger partial charge in [-0.2, -0.15) is 0 Å². The minimum Gasteiger partial charge on any atom is -0.469 e. The van der Waals surface area contributed by atoms with Crippen LogP contribution < -0.4 is 5.73 Å². The van der Waals surface area contributed by atoms with Crippen molar-refractivity contribution in [2.75, 3.05) is 27.2 Å². The maximum Gasteiger partial charge on any atom is 0.307 e. The molecule has 0 bridgehead atoms. The summed E-state index contributed by atoms with van der Waals surface area (Å²) >= 11 is 1.31. The maximum atomic E-state index is 12.0. The van der Waals surface area contributed by atoms with Gasteiger partial charge in [-0.15, -0.1) is 11.3 Å². The molecule has 0 saturated heterocycles. The molecule has 0 saturated carbocycles. The maximum absolute atomic E-state index is 12.0. The Kier molecular flexibility index (Phi) is 6.06. The number of rotatable bonds is 4. The number of hydrogen-bond acceptors (Lipinski definition) is 5. The van der Waals surface area contributed by atoms with Crippen molar-refractivity contribution >= 4 is 23.2 Å². The third-order valence-corrected chi connectivity index (χ3v) is 3.34. The summed E-state index contributed by atoms with van der Waals surface area (Å²) in [5.41, 5.74) is 5.28. The Morgan fingerprint density at radius 1 is 1.47 bits per heavy atom. The Labute approximate surface area is 116 Å². The van der Waals surface area contributed by atoms with Gasteiger partial charge in [-0.1, -0.05) is 11.8 Å². The van der Waals surface area contributed by atoms with Crippen molar-refractivity contribution in [2.24, 2.45) is 5.73 Å². The fraction of sp³-hybridized carbons (Fsp3) is 0.385. The minimum absolute atomic E-state index is 0.130. The summed E-state index contributed by atoms with van der Waals surface area (Å²) in [6.45, 7) is 0.618. The number of amides is 1. The summed E-state index contributed by atoms with van der Waals surface area (Å²) in [7, 11) is 2.97. The molecule has 0 radical (unpaired) electrons. The van der Waals surface area contributed by atoms with Crippen molar-refractivity contribution in [3.8, 4) is 11.8 Å². The van der Waals surface area contributed by atoms with Gasteiger partial charge in [-0.05, 0) is 12.1 Å². The number of hydrogen-bond donors (Lipinski definition) is 1. The third kappa shape index (κ3) is 4.73. The molecule has 5 nitrogen and oxygen atoms in total. The first-order valence-electron chi connectivity index (χ1n) is 5.69. The fourth-order valence-corrected chi connectivity index (χ4v) is 2.18. The van der Waals surface area contributed by atoms with E-state index in [2.05, 4.69) is 16.6 Å². The normalized spacial score (nSPS) is 9.42. The van der Waals surface area contributed by atoms with Crippen LogP contribution in [-0.2, 0) is 9.53 Å². The molecule has 6 heteroatoms. The quantitative estimate of drug-likeness (QED) is 0.650. The lowest BCUT2D eigenvalue weighted by atomic mass is 10.3. The Hall–Kier alpha value is -1.84. The van der Waals surface area contributed by atoms with Crippen molar-refractivity contribution < 1.29 is 14.3 Å². The van der Waals surface area contributed by atoms with Gasteiger partial charge in [0, 0.05) is 13.6 Å². The molecule has 2 N–H and O–H groups in total. The van der Waals surface area contributed by atoms with Crippen molar-refractivity contribution in [1.82, 2.24) is 4.90 Å². The topological polar surface area (TPSA) is 72.6 Å². The van der Waals surface area contributed by atoms with Gasteiger partial charge in [-0.25, -0.2) is 0 Å². The van der Waals surface area contributed by atoms with Gasteiger partial charge in [-0.3, -0.25) is 9.59 Å². The molecule has 0 aliphatic carbocycles. The first-order valence-corrected chi connectivity index (χ1v) is 6.51. The van der Waals surface area contributed by atoms with Crippen LogP contribution in [0.2, 0.25) is 0 Å². The number of nitrogens with two attached hydrogens (primary N) is 1. The summed E-state index contributed by atoms with van der Waals surface area (Å²) in [6, 6.07) is 3.51. The molecule has 0 atom stereocenters. The molecule has 102 valence electrons. The molecule has 1 heterocycles. The molecule has 0 unspecified atom stereocenters. The van der Waals surface area contributed by atoms with Crippen LogP contribution >= 0.6 is 11.3 Å². The number of carbonyl (C=O) groups excluding carboxylic acids is 2. The predicted octanol–water partition coefficient (Wildman–Crippen LogP) is 0.693. The highest BCUT2D eigenvalue weighted by molar-refractivity contribution is 7.14. The second kappa shape index (κ2) is 7.56. The molecule has 0 spiro atoms. The fourth-order valence-electron chi connectivity index (χ4n) is 1.31. The van der Waals surface area contributed by atoms with E-state index in [0.717, 1.165) is 4.88 Å². The van der Waals surface area contributed by atoms with Gasteiger partial charge in [0.05, 0.1) is 29.8 Å². The van der Waals surface area contributed by atoms with Crippen molar-refractivity contribution in [3.05, 3.63) is 21.9 Å². The van der Waals surface area contributed by atoms with E-state index in [1.165, 1.54) is 23.3 Å². The number of thiophene rings is 1. The molecule has 1 aromatic rings. The summed E-state index contributed by atoms with van der Waals surface area (Å²) in [5, 5.41) is 0. The molecule has 0 aliphatic heterocycles. The number of ether oxygens (including phenoxy) is 1. The molecule has 0 fully saturated rings. The lowest BCUT2D eigenvalue weighted by Gasteiger charge is -2.15. The first-order chi connectivity index (χ1) is 9.08. The number of nitrogens with zero attached hydrogens (tertiary/aromatic N) is 1. The number of esters is 1. The Morgan fingerprint density at radius 3 is 2.84 bits per heavy atom. The summed E-state index contributed by atoms with van der Waals surface area (Å²) in [5.74, 6) is 5.15. The van der Waals surface area contributed by atoms with E-state index in [1.54, 1.807) is 19.2 Å². The van der Waals surface area contributed by atoms with Crippen LogP contribution in [-0.4, -0.2) is 44.0 Å². The van der Waals surface area contributed by atoms with Crippen LogP contribution in [0.25, 0.3) is 0 Å². The third-order valence-electron chi connectivity index (χ3n) is 2.36. The smallest absolute Gasteiger partial charge is 0.307 e. The minimum atomic E-state index is -0.333. The summed E-state index contributed by atoms with van der Waals surface area (Å²) < 4.78 is 4.53. The SMILES string of the molecule is COC(=O)CCN(C)C(=O)c1ccc(C#CCN)s1. The van der Waals surface area contributed by atoms with E-state index in [9.17, 15) is 9.59 Å². The Balaban J connectivity index is 2.61. The molecule has 1 amide bonds. The van der Waals surface area contributed by atoms with E-state index in [4.69, 9.17) is 5.73 Å². The van der Waals surface area contributed by atoms with Gasteiger partial charge >= 0.3 is 5.97 Å². The molecular formula is C13H16N2O3S. The predicted molar refractivity (Wildman–Crippen MR) is 73.8 cm³/mol. The zero-order chi connectivity index (χ0) is 14.3. The van der Waals surface area contributed by atoms with E-state index in [-0.39, 0.29) is 18.3 Å². The van der Waals surface area contributed by atoms with Gasteiger partial charge in [0.2, 0.25) is 0 Å². The molecule has 1 rings (SSSR count). The van der Waals surface area contributed by atoms with E-state index in [1.807, 2.05) is 0 Å². The van der Waals surface area contributed by atoms with Crippen LogP contribution in [0.15, 0.2) is 12.1 Å². The molecule has 0 aliphatic rings. The molecular weight excluding hydrogens is 264 g/mol. The molecule has 19 heavy (non-hydrogen) atoms. The molecule has 0 aromatic carbocycles. The van der Waals surface area contributed by atoms with Gasteiger partial charge in [0.15, 0.2) is 0 Å². The highest BCUT2D eigenvalue weighted by Crippen LogP contribution is 2.17. The van der Waals surface area contributed by atoms with Gasteiger partial charge in [0.25, 0.3) is 5.91 Å². The average molecular weight is 280 g/mol. The Morgan fingerprint density at radius 2 is 2.21 bits per heavy atom.